The SMILES string of the molecule is Cc1ccc(-n2nc(C(=O)NCCCCCC(=O)NO)nc2-c2ccccc2)cc1. The van der Waals surface area contributed by atoms with Gasteiger partial charge in [0, 0.05) is 18.5 Å². The third kappa shape index (κ3) is 5.51. The van der Waals surface area contributed by atoms with Gasteiger partial charge in [-0.15, -0.1) is 5.10 Å². The zero-order valence-corrected chi connectivity index (χ0v) is 16.8. The molecule has 0 saturated heterocycles. The average Bonchev–Trinajstić information content (AvgIpc) is 3.22. The van der Waals surface area contributed by atoms with Crippen molar-refractivity contribution in [2.75, 3.05) is 6.54 Å². The Hall–Kier alpha value is -3.52. The first kappa shape index (κ1) is 21.2. The van der Waals surface area contributed by atoms with Crippen LogP contribution in [0.25, 0.3) is 17.1 Å². The van der Waals surface area contributed by atoms with E-state index in [9.17, 15) is 9.59 Å². The van der Waals surface area contributed by atoms with Gasteiger partial charge in [-0.05, 0) is 31.9 Å². The number of nitrogens with zero attached hydrogens (tertiary/aromatic N) is 3. The third-order valence-electron chi connectivity index (χ3n) is 4.61. The summed E-state index contributed by atoms with van der Waals surface area (Å²) in [6, 6.07) is 17.5. The number of amides is 2. The molecule has 2 amide bonds. The van der Waals surface area contributed by atoms with Gasteiger partial charge in [0.25, 0.3) is 5.91 Å². The second-order valence-corrected chi connectivity index (χ2v) is 6.97. The van der Waals surface area contributed by atoms with Crippen molar-refractivity contribution in [1.29, 1.82) is 0 Å². The first-order valence-electron chi connectivity index (χ1n) is 9.89. The van der Waals surface area contributed by atoms with Crippen LogP contribution in [0.4, 0.5) is 0 Å². The standard InChI is InChI=1S/C22H25N5O3/c1-16-11-13-18(14-12-16)27-21(17-8-4-2-5-9-17)24-20(25-27)22(29)23-15-7-3-6-10-19(28)26-30/h2,4-5,8-9,11-14,30H,3,6-7,10,15H2,1H3,(H,23,29)(H,26,28). The highest BCUT2D eigenvalue weighted by atomic mass is 16.5. The highest BCUT2D eigenvalue weighted by molar-refractivity contribution is 5.91. The fourth-order valence-corrected chi connectivity index (χ4v) is 2.97. The summed E-state index contributed by atoms with van der Waals surface area (Å²) in [5.41, 5.74) is 4.43. The minimum Gasteiger partial charge on any atom is -0.349 e. The predicted octanol–water partition coefficient (Wildman–Crippen LogP) is 3.04. The minimum atomic E-state index is -0.404. The van der Waals surface area contributed by atoms with E-state index >= 15 is 0 Å². The Kier molecular flexibility index (Phi) is 7.29. The molecule has 1 aromatic heterocycles. The van der Waals surface area contributed by atoms with Crippen molar-refractivity contribution in [2.45, 2.75) is 32.6 Å². The average molecular weight is 407 g/mol. The normalized spacial score (nSPS) is 10.6. The molecule has 1 heterocycles. The maximum Gasteiger partial charge on any atom is 0.290 e. The number of benzene rings is 2. The van der Waals surface area contributed by atoms with Gasteiger partial charge < -0.3 is 5.32 Å². The van der Waals surface area contributed by atoms with E-state index in [2.05, 4.69) is 15.4 Å². The van der Waals surface area contributed by atoms with Crippen LogP contribution in [0.15, 0.2) is 54.6 Å². The summed E-state index contributed by atoms with van der Waals surface area (Å²) in [5, 5.41) is 15.7. The van der Waals surface area contributed by atoms with Crippen LogP contribution in [0, 0.1) is 6.92 Å². The molecule has 0 bridgehead atoms. The predicted molar refractivity (Wildman–Crippen MR) is 112 cm³/mol. The fourth-order valence-electron chi connectivity index (χ4n) is 2.97. The number of nitrogens with one attached hydrogen (secondary N) is 2. The molecule has 3 aromatic rings. The van der Waals surface area contributed by atoms with Crippen LogP contribution in [0.2, 0.25) is 0 Å². The maximum absolute atomic E-state index is 12.6. The molecule has 8 heteroatoms. The Bertz CT molecular complexity index is 984. The van der Waals surface area contributed by atoms with Crippen LogP contribution in [-0.4, -0.2) is 38.3 Å². The zero-order valence-electron chi connectivity index (χ0n) is 16.8. The molecule has 0 spiro atoms. The first-order valence-corrected chi connectivity index (χ1v) is 9.89. The summed E-state index contributed by atoms with van der Waals surface area (Å²) in [5.74, 6) is -0.0434. The van der Waals surface area contributed by atoms with Gasteiger partial charge in [0.15, 0.2) is 5.82 Å². The number of unbranched alkanes of at least 4 members (excludes halogenated alkanes) is 2. The quantitative estimate of drug-likeness (QED) is 0.287. The molecule has 0 radical (unpaired) electrons. The van der Waals surface area contributed by atoms with E-state index in [0.29, 0.717) is 25.2 Å². The number of hydrogen-bond donors (Lipinski definition) is 3. The molecule has 0 aliphatic carbocycles. The van der Waals surface area contributed by atoms with Crippen molar-refractivity contribution in [1.82, 2.24) is 25.6 Å². The van der Waals surface area contributed by atoms with Crippen LogP contribution in [-0.2, 0) is 4.79 Å². The van der Waals surface area contributed by atoms with E-state index in [-0.39, 0.29) is 18.2 Å². The van der Waals surface area contributed by atoms with E-state index in [1.807, 2.05) is 61.5 Å². The van der Waals surface area contributed by atoms with Gasteiger partial charge in [-0.3, -0.25) is 14.8 Å². The first-order chi connectivity index (χ1) is 14.6. The van der Waals surface area contributed by atoms with E-state index in [1.165, 1.54) is 0 Å². The molecule has 156 valence electrons. The van der Waals surface area contributed by atoms with Crippen molar-refractivity contribution in [2.24, 2.45) is 0 Å². The fraction of sp³-hybridized carbons (Fsp3) is 0.273. The van der Waals surface area contributed by atoms with Gasteiger partial charge in [-0.25, -0.2) is 15.1 Å². The number of carbonyl (C=O) groups is 2. The summed E-state index contributed by atoms with van der Waals surface area (Å²) < 4.78 is 1.68. The number of aryl methyl sites for hydroxylation is 1. The van der Waals surface area contributed by atoms with Crippen molar-refractivity contribution < 1.29 is 14.8 Å². The lowest BCUT2D eigenvalue weighted by atomic mass is 10.2. The van der Waals surface area contributed by atoms with E-state index in [1.54, 1.807) is 10.2 Å². The van der Waals surface area contributed by atoms with Crippen LogP contribution < -0.4 is 10.8 Å². The number of aromatic nitrogens is 3. The number of rotatable bonds is 9. The number of hydroxylamine groups is 1. The highest BCUT2D eigenvalue weighted by Crippen LogP contribution is 2.21. The summed E-state index contributed by atoms with van der Waals surface area (Å²) in [4.78, 5) is 28.0. The van der Waals surface area contributed by atoms with Crippen molar-refractivity contribution >= 4 is 11.8 Å². The minimum absolute atomic E-state index is 0.106. The van der Waals surface area contributed by atoms with Gasteiger partial charge in [-0.2, -0.15) is 0 Å². The topological polar surface area (TPSA) is 109 Å². The second-order valence-electron chi connectivity index (χ2n) is 6.97. The van der Waals surface area contributed by atoms with Crippen LogP contribution >= 0.6 is 0 Å². The van der Waals surface area contributed by atoms with Gasteiger partial charge in [0.05, 0.1) is 5.69 Å². The van der Waals surface area contributed by atoms with E-state index in [0.717, 1.165) is 23.2 Å². The van der Waals surface area contributed by atoms with Crippen molar-refractivity contribution in [3.8, 4) is 17.1 Å². The van der Waals surface area contributed by atoms with E-state index < -0.39 is 5.91 Å². The Morgan fingerprint density at radius 2 is 1.73 bits per heavy atom. The highest BCUT2D eigenvalue weighted by Gasteiger charge is 2.18. The molecule has 3 N–H and O–H groups in total. The van der Waals surface area contributed by atoms with Crippen LogP contribution in [0.1, 0.15) is 41.9 Å². The molecular weight excluding hydrogens is 382 g/mol. The second kappa shape index (κ2) is 10.3. The Morgan fingerprint density at radius 3 is 2.43 bits per heavy atom. The Morgan fingerprint density at radius 1 is 1.00 bits per heavy atom. The van der Waals surface area contributed by atoms with E-state index in [4.69, 9.17) is 5.21 Å². The maximum atomic E-state index is 12.6. The van der Waals surface area contributed by atoms with Crippen LogP contribution in [0.5, 0.6) is 0 Å². The largest absolute Gasteiger partial charge is 0.349 e. The number of hydrogen-bond acceptors (Lipinski definition) is 5. The molecule has 0 unspecified atom stereocenters. The third-order valence-corrected chi connectivity index (χ3v) is 4.61. The molecule has 30 heavy (non-hydrogen) atoms. The molecule has 0 aliphatic rings. The molecular formula is C22H25N5O3. The summed E-state index contributed by atoms with van der Waals surface area (Å²) in [6.07, 6.45) is 2.37. The molecule has 8 nitrogen and oxygen atoms in total. The molecule has 0 fully saturated rings. The molecule has 3 rings (SSSR count). The zero-order chi connectivity index (χ0) is 21.3. The summed E-state index contributed by atoms with van der Waals surface area (Å²) in [6.45, 7) is 2.47. The summed E-state index contributed by atoms with van der Waals surface area (Å²) >= 11 is 0. The molecule has 0 saturated carbocycles. The lowest BCUT2D eigenvalue weighted by Crippen LogP contribution is -2.25. The van der Waals surface area contributed by atoms with Crippen molar-refractivity contribution in [3.05, 3.63) is 66.0 Å². The summed E-state index contributed by atoms with van der Waals surface area (Å²) in [7, 11) is 0. The van der Waals surface area contributed by atoms with Gasteiger partial charge in [-0.1, -0.05) is 54.4 Å². The monoisotopic (exact) mass is 407 g/mol. The smallest absolute Gasteiger partial charge is 0.290 e. The lowest BCUT2D eigenvalue weighted by molar-refractivity contribution is -0.129. The lowest BCUT2D eigenvalue weighted by Gasteiger charge is -2.06. The Balaban J connectivity index is 1.70. The van der Waals surface area contributed by atoms with Gasteiger partial charge >= 0.3 is 0 Å². The van der Waals surface area contributed by atoms with Crippen molar-refractivity contribution in [3.63, 3.8) is 0 Å². The van der Waals surface area contributed by atoms with Gasteiger partial charge in [0.2, 0.25) is 11.7 Å². The Labute approximate surface area is 174 Å². The van der Waals surface area contributed by atoms with Gasteiger partial charge in [0.1, 0.15) is 0 Å². The number of carbonyl (C=O) groups excluding carboxylic acids is 2. The molecule has 0 atom stereocenters. The molecule has 2 aromatic carbocycles. The molecule has 0 aliphatic heterocycles. The van der Waals surface area contributed by atoms with Crippen LogP contribution in [0.3, 0.4) is 0 Å².